The largest absolute Gasteiger partial charge is 0.458 e. The third-order valence-corrected chi connectivity index (χ3v) is 11.3. The minimum atomic E-state index is -2.07. The topological polar surface area (TPSA) is 95.9 Å². The van der Waals surface area contributed by atoms with E-state index in [0.717, 1.165) is 25.3 Å². The number of hydrogen-bond acceptors (Lipinski definition) is 6. The van der Waals surface area contributed by atoms with Gasteiger partial charge in [-0.3, -0.25) is 9.59 Å². The molecule has 1 unspecified atom stereocenters. The van der Waals surface area contributed by atoms with E-state index in [4.69, 9.17) is 4.74 Å². The molecule has 0 aliphatic heterocycles. The molecule has 0 heterocycles. The molecule has 244 valence electrons. The Bertz CT molecular complexity index is 971. The number of rotatable bonds is 12. The highest BCUT2D eigenvalue weighted by Gasteiger charge is 2.71. The normalized spacial score (nSPS) is 34.5. The van der Waals surface area contributed by atoms with Gasteiger partial charge in [-0.2, -0.15) is 0 Å². The van der Waals surface area contributed by atoms with E-state index in [-0.39, 0.29) is 24.9 Å². The van der Waals surface area contributed by atoms with Crippen LogP contribution in [0, 0.1) is 29.1 Å². The van der Waals surface area contributed by atoms with Crippen molar-refractivity contribution in [2.45, 2.75) is 141 Å². The molecule has 7 heteroatoms. The van der Waals surface area contributed by atoms with Gasteiger partial charge in [-0.1, -0.05) is 102 Å². The molecule has 4 aliphatic carbocycles. The second-order valence-electron chi connectivity index (χ2n) is 14.4. The van der Waals surface area contributed by atoms with Crippen molar-refractivity contribution in [1.29, 1.82) is 0 Å². The van der Waals surface area contributed by atoms with Gasteiger partial charge in [0.1, 0.15) is 12.2 Å². The van der Waals surface area contributed by atoms with Crippen LogP contribution in [0.5, 0.6) is 0 Å². The zero-order valence-corrected chi connectivity index (χ0v) is 26.8. The molecule has 4 rings (SSSR count). The van der Waals surface area contributed by atoms with Crippen LogP contribution in [0.1, 0.15) is 123 Å². The van der Waals surface area contributed by atoms with E-state index in [9.17, 15) is 19.8 Å². The zero-order valence-electron chi connectivity index (χ0n) is 26.8. The summed E-state index contributed by atoms with van der Waals surface area (Å²) >= 11 is 0. The number of halogens is 1. The highest BCUT2D eigenvalue weighted by atomic mass is 19.1. The predicted octanol–water partition coefficient (Wildman–Crippen LogP) is 6.78. The quantitative estimate of drug-likeness (QED) is 0.168. The lowest BCUT2D eigenvalue weighted by Gasteiger charge is -2.51. The van der Waals surface area contributed by atoms with Crippen LogP contribution in [-0.2, 0) is 14.3 Å². The van der Waals surface area contributed by atoms with Gasteiger partial charge in [0.2, 0.25) is 0 Å². The van der Waals surface area contributed by atoms with Gasteiger partial charge in [-0.05, 0) is 63.1 Å². The fraction of sp³-hybridized carbons (Fsp3) is 0.833. The number of fused-ring (bicyclic) bond motifs is 3. The number of ketones is 1. The number of aliphatic hydroxyl groups excluding tert-OH is 2. The van der Waals surface area contributed by atoms with Crippen molar-refractivity contribution in [3.05, 3.63) is 23.8 Å². The van der Waals surface area contributed by atoms with Crippen molar-refractivity contribution in [2.75, 3.05) is 19.7 Å². The number of hydrogen-bond donors (Lipinski definition) is 3. The summed E-state index contributed by atoms with van der Waals surface area (Å²) < 4.78 is 23.1. The number of ether oxygens (including phenoxy) is 1. The Morgan fingerprint density at radius 2 is 1.74 bits per heavy atom. The molecule has 3 fully saturated rings. The van der Waals surface area contributed by atoms with E-state index < -0.39 is 41.1 Å². The maximum Gasteiger partial charge on any atom is 0.320 e. The number of carbonyl (C=O) groups is 2. The van der Waals surface area contributed by atoms with E-state index in [1.165, 1.54) is 89.2 Å². The predicted molar refractivity (Wildman–Crippen MR) is 168 cm³/mol. The van der Waals surface area contributed by atoms with Crippen LogP contribution in [0.2, 0.25) is 0 Å². The molecular formula is C36H58FNO5. The Hall–Kier alpha value is -1.57. The minimum Gasteiger partial charge on any atom is -0.458 e. The maximum atomic E-state index is 17.2. The Kier molecular flexibility index (Phi) is 12.9. The van der Waals surface area contributed by atoms with Gasteiger partial charge in [0.25, 0.3) is 0 Å². The van der Waals surface area contributed by atoms with E-state index in [0.29, 0.717) is 24.8 Å². The third-order valence-electron chi connectivity index (χ3n) is 11.3. The van der Waals surface area contributed by atoms with E-state index in [1.807, 2.05) is 6.92 Å². The molecule has 0 radical (unpaired) electrons. The summed E-state index contributed by atoms with van der Waals surface area (Å²) in [6.45, 7) is 4.32. The molecule has 0 aromatic heterocycles. The number of unbranched alkanes of at least 4 members (excludes halogenated alkanes) is 2. The lowest BCUT2D eigenvalue weighted by atomic mass is 9.56. The number of nitrogens with one attached hydrogen (secondary N) is 1. The summed E-state index contributed by atoms with van der Waals surface area (Å²) in [5, 5.41) is 24.5. The molecule has 43 heavy (non-hydrogen) atoms. The molecule has 3 saturated carbocycles. The van der Waals surface area contributed by atoms with Crippen LogP contribution in [0.15, 0.2) is 23.8 Å². The van der Waals surface area contributed by atoms with Crippen molar-refractivity contribution >= 4 is 11.8 Å². The summed E-state index contributed by atoms with van der Waals surface area (Å²) in [5.74, 6) is -0.863. The molecule has 7 atom stereocenters. The molecule has 0 amide bonds. The van der Waals surface area contributed by atoms with E-state index in [1.54, 1.807) is 13.0 Å². The standard InChI is InChI=1S/C36H58FNO5/c1-26(25-39)22-30-31-18-17-28-23-29(40)19-20-35(28,2)36(31,37)34(42)33(30)43-32(41)24-38-21-13-9-12-16-27-14-10-7-5-3-4-6-8-11-15-27/h19-20,23,26-27,30-31,33-34,38-39,42H,3-18,21-22,24-25H2,1-2H3/t26-,30+,31+,33?,34+,35+,36+/m1/s1. The molecule has 6 nitrogen and oxygen atoms in total. The second-order valence-corrected chi connectivity index (χ2v) is 14.4. The van der Waals surface area contributed by atoms with Crippen LogP contribution >= 0.6 is 0 Å². The maximum absolute atomic E-state index is 17.2. The summed E-state index contributed by atoms with van der Waals surface area (Å²) in [7, 11) is 0. The Balaban J connectivity index is 1.25. The van der Waals surface area contributed by atoms with Gasteiger partial charge in [-0.25, -0.2) is 4.39 Å². The molecule has 0 spiro atoms. The number of aliphatic hydroxyl groups is 2. The Morgan fingerprint density at radius 1 is 1.07 bits per heavy atom. The first kappa shape index (κ1) is 34.3. The lowest BCUT2D eigenvalue weighted by Crippen LogP contribution is -2.57. The smallest absolute Gasteiger partial charge is 0.320 e. The average molecular weight is 604 g/mol. The molecule has 0 aromatic rings. The monoisotopic (exact) mass is 603 g/mol. The SMILES string of the molecule is C[C@@H](CO)C[C@@H]1C(OC(=O)CNCCCCCC2CCCCCCCCCC2)[C@H](O)[C@@]2(F)[C@H]1CCC1=CC(=O)C=C[C@@]12C. The van der Waals surface area contributed by atoms with Gasteiger partial charge in [0.15, 0.2) is 11.5 Å². The molecule has 0 saturated heterocycles. The first-order valence-corrected chi connectivity index (χ1v) is 17.5. The van der Waals surface area contributed by atoms with Crippen LogP contribution in [-0.4, -0.2) is 59.5 Å². The first-order chi connectivity index (χ1) is 20.7. The van der Waals surface area contributed by atoms with Gasteiger partial charge >= 0.3 is 5.97 Å². The fourth-order valence-electron chi connectivity index (χ4n) is 8.68. The Labute approximate surface area is 259 Å². The van der Waals surface area contributed by atoms with Crippen molar-refractivity contribution in [3.8, 4) is 0 Å². The first-order valence-electron chi connectivity index (χ1n) is 17.5. The molecule has 0 aromatic carbocycles. The van der Waals surface area contributed by atoms with Crippen LogP contribution in [0.4, 0.5) is 4.39 Å². The van der Waals surface area contributed by atoms with Crippen LogP contribution < -0.4 is 5.32 Å². The van der Waals surface area contributed by atoms with Gasteiger partial charge < -0.3 is 20.3 Å². The lowest BCUT2D eigenvalue weighted by molar-refractivity contribution is -0.160. The fourth-order valence-corrected chi connectivity index (χ4v) is 8.68. The highest BCUT2D eigenvalue weighted by Crippen LogP contribution is 2.64. The third kappa shape index (κ3) is 8.18. The van der Waals surface area contributed by atoms with Gasteiger partial charge in [-0.15, -0.1) is 0 Å². The van der Waals surface area contributed by atoms with Crippen molar-refractivity contribution in [2.24, 2.45) is 29.1 Å². The minimum absolute atomic E-state index is 0.0227. The van der Waals surface area contributed by atoms with Crippen molar-refractivity contribution < 1.29 is 28.9 Å². The summed E-state index contributed by atoms with van der Waals surface area (Å²) in [6.07, 6.45) is 22.0. The number of carbonyl (C=O) groups excluding carboxylic acids is 2. The van der Waals surface area contributed by atoms with E-state index >= 15 is 4.39 Å². The van der Waals surface area contributed by atoms with Gasteiger partial charge in [0.05, 0.1) is 6.54 Å². The summed E-state index contributed by atoms with van der Waals surface area (Å²) in [6, 6.07) is 0. The Morgan fingerprint density at radius 3 is 2.42 bits per heavy atom. The van der Waals surface area contributed by atoms with E-state index in [2.05, 4.69) is 5.32 Å². The molecule has 3 N–H and O–H groups in total. The molecular weight excluding hydrogens is 545 g/mol. The van der Waals surface area contributed by atoms with Crippen molar-refractivity contribution in [3.63, 3.8) is 0 Å². The second kappa shape index (κ2) is 16.1. The summed E-state index contributed by atoms with van der Waals surface area (Å²) in [5.41, 5.74) is -2.52. The molecule has 4 aliphatic rings. The number of allylic oxidation sites excluding steroid dienone is 4. The van der Waals surface area contributed by atoms with Gasteiger partial charge in [0, 0.05) is 23.9 Å². The number of esters is 1. The zero-order chi connectivity index (χ0) is 30.9. The summed E-state index contributed by atoms with van der Waals surface area (Å²) in [4.78, 5) is 25.0. The average Bonchev–Trinajstić information content (AvgIpc) is 3.16. The number of alkyl halides is 1. The highest BCUT2D eigenvalue weighted by molar-refractivity contribution is 6.01. The molecule has 0 bridgehead atoms. The van der Waals surface area contributed by atoms with Crippen molar-refractivity contribution in [1.82, 2.24) is 5.32 Å². The van der Waals surface area contributed by atoms with Crippen LogP contribution in [0.25, 0.3) is 0 Å². The van der Waals surface area contributed by atoms with Crippen LogP contribution in [0.3, 0.4) is 0 Å².